The lowest BCUT2D eigenvalue weighted by Crippen LogP contribution is -2.32. The molecule has 0 saturated carbocycles. The zero-order valence-electron chi connectivity index (χ0n) is 14.2. The van der Waals surface area contributed by atoms with Crippen molar-refractivity contribution in [1.29, 1.82) is 0 Å². The second-order valence-electron chi connectivity index (χ2n) is 5.78. The van der Waals surface area contributed by atoms with Gasteiger partial charge in [0, 0.05) is 12.2 Å². The molecule has 0 saturated heterocycles. The molecule has 0 fully saturated rings. The van der Waals surface area contributed by atoms with Gasteiger partial charge in [-0.2, -0.15) is 0 Å². The number of amides is 2. The van der Waals surface area contributed by atoms with E-state index < -0.39 is 23.8 Å². The van der Waals surface area contributed by atoms with E-state index in [4.69, 9.17) is 0 Å². The van der Waals surface area contributed by atoms with Crippen molar-refractivity contribution in [2.24, 2.45) is 0 Å². The minimum Gasteiger partial charge on any atom is -0.387 e. The zero-order valence-corrected chi connectivity index (χ0v) is 14.2. The number of hydrogen-bond acceptors (Lipinski definition) is 5. The maximum Gasteiger partial charge on any atom is 0.319 e. The van der Waals surface area contributed by atoms with Gasteiger partial charge in [-0.1, -0.05) is 12.1 Å². The SMILES string of the molecule is Cc1ccc(NC(=O)NC[C@@H](O)c2ccc(F)c(F)c2)cc1-n1cnnn1. The summed E-state index contributed by atoms with van der Waals surface area (Å²) in [5.74, 6) is -2.07. The first-order chi connectivity index (χ1) is 12.9. The van der Waals surface area contributed by atoms with Crippen molar-refractivity contribution in [3.63, 3.8) is 0 Å². The lowest BCUT2D eigenvalue weighted by molar-refractivity contribution is 0.174. The Labute approximate surface area is 152 Å². The third-order valence-corrected chi connectivity index (χ3v) is 3.85. The van der Waals surface area contributed by atoms with Crippen LogP contribution in [0.15, 0.2) is 42.7 Å². The van der Waals surface area contributed by atoms with Gasteiger partial charge in [0.05, 0.1) is 11.8 Å². The van der Waals surface area contributed by atoms with Crippen molar-refractivity contribution in [3.8, 4) is 5.69 Å². The zero-order chi connectivity index (χ0) is 19.4. The fourth-order valence-electron chi connectivity index (χ4n) is 2.41. The Hall–Kier alpha value is -3.40. The van der Waals surface area contributed by atoms with Crippen LogP contribution in [0.25, 0.3) is 5.69 Å². The molecule has 2 amide bonds. The van der Waals surface area contributed by atoms with Gasteiger partial charge >= 0.3 is 6.03 Å². The number of tetrazole rings is 1. The summed E-state index contributed by atoms with van der Waals surface area (Å²) in [5.41, 5.74) is 2.25. The van der Waals surface area contributed by atoms with Crippen LogP contribution in [-0.2, 0) is 0 Å². The van der Waals surface area contributed by atoms with E-state index in [1.165, 1.54) is 17.1 Å². The molecule has 1 atom stereocenters. The molecule has 140 valence electrons. The molecule has 0 spiro atoms. The van der Waals surface area contributed by atoms with Gasteiger partial charge in [-0.3, -0.25) is 0 Å². The Morgan fingerprint density at radius 3 is 2.74 bits per heavy atom. The van der Waals surface area contributed by atoms with E-state index in [0.717, 1.165) is 17.7 Å². The Kier molecular flexibility index (Phi) is 5.36. The van der Waals surface area contributed by atoms with Gasteiger partial charge in [-0.25, -0.2) is 18.3 Å². The quantitative estimate of drug-likeness (QED) is 0.634. The molecule has 1 heterocycles. The van der Waals surface area contributed by atoms with Crippen LogP contribution >= 0.6 is 0 Å². The molecule has 2 aromatic carbocycles. The van der Waals surface area contributed by atoms with Crippen LogP contribution in [0.5, 0.6) is 0 Å². The number of rotatable bonds is 5. The fraction of sp³-hybridized carbons (Fsp3) is 0.176. The number of aromatic nitrogens is 4. The van der Waals surface area contributed by atoms with Crippen molar-refractivity contribution in [2.45, 2.75) is 13.0 Å². The topological polar surface area (TPSA) is 105 Å². The van der Waals surface area contributed by atoms with Crippen molar-refractivity contribution < 1.29 is 18.7 Å². The first kappa shape index (κ1) is 18.4. The third kappa shape index (κ3) is 4.42. The van der Waals surface area contributed by atoms with Crippen molar-refractivity contribution in [1.82, 2.24) is 25.5 Å². The van der Waals surface area contributed by atoms with Gasteiger partial charge in [0.15, 0.2) is 11.6 Å². The first-order valence-corrected chi connectivity index (χ1v) is 7.96. The first-order valence-electron chi connectivity index (χ1n) is 7.96. The standard InChI is InChI=1S/C17H16F2N6O2/c1-10-2-4-12(7-15(10)25-9-21-23-24-25)22-17(27)20-8-16(26)11-3-5-13(18)14(19)6-11/h2-7,9,16,26H,8H2,1H3,(H2,20,22,27)/t16-/m1/s1. The number of nitrogens with zero attached hydrogens (tertiary/aromatic N) is 4. The number of nitrogens with one attached hydrogen (secondary N) is 2. The number of benzene rings is 2. The number of carbonyl (C=O) groups excluding carboxylic acids is 1. The smallest absolute Gasteiger partial charge is 0.319 e. The number of halogens is 2. The van der Waals surface area contributed by atoms with E-state index in [9.17, 15) is 18.7 Å². The molecular weight excluding hydrogens is 358 g/mol. The molecular formula is C17H16F2N6O2. The number of carbonyl (C=O) groups is 1. The minimum absolute atomic E-state index is 0.158. The lowest BCUT2D eigenvalue weighted by Gasteiger charge is -2.14. The summed E-state index contributed by atoms with van der Waals surface area (Å²) in [7, 11) is 0. The molecule has 10 heteroatoms. The highest BCUT2D eigenvalue weighted by Gasteiger charge is 2.13. The van der Waals surface area contributed by atoms with Gasteiger partial charge in [-0.05, 0) is 52.7 Å². The van der Waals surface area contributed by atoms with Crippen LogP contribution in [0, 0.1) is 18.6 Å². The largest absolute Gasteiger partial charge is 0.387 e. The summed E-state index contributed by atoms with van der Waals surface area (Å²) in [5, 5.41) is 26.0. The highest BCUT2D eigenvalue weighted by molar-refractivity contribution is 5.89. The third-order valence-electron chi connectivity index (χ3n) is 3.85. The summed E-state index contributed by atoms with van der Waals surface area (Å²) < 4.78 is 27.6. The number of aliphatic hydroxyl groups is 1. The second-order valence-corrected chi connectivity index (χ2v) is 5.78. The molecule has 3 aromatic rings. The normalized spacial score (nSPS) is 11.9. The van der Waals surface area contributed by atoms with Gasteiger partial charge in [-0.15, -0.1) is 5.10 Å². The van der Waals surface area contributed by atoms with Gasteiger partial charge < -0.3 is 15.7 Å². The van der Waals surface area contributed by atoms with E-state index >= 15 is 0 Å². The summed E-state index contributed by atoms with van der Waals surface area (Å²) in [6.07, 6.45) is 0.255. The molecule has 3 N–H and O–H groups in total. The summed E-state index contributed by atoms with van der Waals surface area (Å²) in [6, 6.07) is 7.68. The highest BCUT2D eigenvalue weighted by atomic mass is 19.2. The van der Waals surface area contributed by atoms with E-state index in [0.29, 0.717) is 11.4 Å². The van der Waals surface area contributed by atoms with Crippen LogP contribution in [-0.4, -0.2) is 37.9 Å². The monoisotopic (exact) mass is 374 g/mol. The Balaban J connectivity index is 1.61. The van der Waals surface area contributed by atoms with Crippen LogP contribution in [0.2, 0.25) is 0 Å². The molecule has 0 aliphatic rings. The number of aliphatic hydroxyl groups excluding tert-OH is 1. The van der Waals surface area contributed by atoms with Crippen molar-refractivity contribution >= 4 is 11.7 Å². The van der Waals surface area contributed by atoms with E-state index in [-0.39, 0.29) is 12.1 Å². The maximum atomic E-state index is 13.2. The van der Waals surface area contributed by atoms with Crippen molar-refractivity contribution in [2.75, 3.05) is 11.9 Å². The Bertz CT molecular complexity index is 949. The molecule has 0 aliphatic heterocycles. The molecule has 0 aliphatic carbocycles. The number of anilines is 1. The van der Waals surface area contributed by atoms with Crippen LogP contribution in [0.3, 0.4) is 0 Å². The fourth-order valence-corrected chi connectivity index (χ4v) is 2.41. The molecule has 27 heavy (non-hydrogen) atoms. The predicted molar refractivity (Wildman–Crippen MR) is 92.2 cm³/mol. The van der Waals surface area contributed by atoms with E-state index in [1.54, 1.807) is 18.2 Å². The summed E-state index contributed by atoms with van der Waals surface area (Å²) in [4.78, 5) is 12.0. The Morgan fingerprint density at radius 2 is 2.04 bits per heavy atom. The second kappa shape index (κ2) is 7.87. The average molecular weight is 374 g/mol. The van der Waals surface area contributed by atoms with Crippen LogP contribution in [0.1, 0.15) is 17.2 Å². The molecule has 8 nitrogen and oxygen atoms in total. The molecule has 1 aromatic heterocycles. The maximum absolute atomic E-state index is 13.2. The molecule has 0 unspecified atom stereocenters. The lowest BCUT2D eigenvalue weighted by atomic mass is 10.1. The average Bonchev–Trinajstić information content (AvgIpc) is 3.18. The Morgan fingerprint density at radius 1 is 1.22 bits per heavy atom. The number of urea groups is 1. The van der Waals surface area contributed by atoms with E-state index in [2.05, 4.69) is 26.2 Å². The predicted octanol–water partition coefficient (Wildman–Crippen LogP) is 2.10. The van der Waals surface area contributed by atoms with Crippen molar-refractivity contribution in [3.05, 3.63) is 65.5 Å². The van der Waals surface area contributed by atoms with E-state index in [1.807, 2.05) is 6.92 Å². The number of hydrogen-bond donors (Lipinski definition) is 3. The van der Waals surface area contributed by atoms with Gasteiger partial charge in [0.25, 0.3) is 0 Å². The van der Waals surface area contributed by atoms with Gasteiger partial charge in [0.2, 0.25) is 0 Å². The summed E-state index contributed by atoms with van der Waals surface area (Å²) >= 11 is 0. The highest BCUT2D eigenvalue weighted by Crippen LogP contribution is 2.19. The van der Waals surface area contributed by atoms with Gasteiger partial charge in [0.1, 0.15) is 6.33 Å². The minimum atomic E-state index is -1.18. The molecule has 3 rings (SSSR count). The van der Waals surface area contributed by atoms with Crippen LogP contribution in [0.4, 0.5) is 19.3 Å². The van der Waals surface area contributed by atoms with Crippen LogP contribution < -0.4 is 10.6 Å². The molecule has 0 bridgehead atoms. The summed E-state index contributed by atoms with van der Waals surface area (Å²) in [6.45, 7) is 1.70. The molecule has 0 radical (unpaired) electrons. The number of aryl methyl sites for hydroxylation is 1.